The fraction of sp³-hybridized carbons (Fsp3) is 0.364. The first-order chi connectivity index (χ1) is 8.71. The predicted octanol–water partition coefficient (Wildman–Crippen LogP) is 1.65. The molecule has 0 bridgehead atoms. The van der Waals surface area contributed by atoms with Gasteiger partial charge in [-0.2, -0.15) is 0 Å². The summed E-state index contributed by atoms with van der Waals surface area (Å²) in [7, 11) is -3.68. The first-order valence-corrected chi connectivity index (χ1v) is 7.47. The van der Waals surface area contributed by atoms with Crippen LogP contribution in [-0.2, 0) is 10.0 Å². The van der Waals surface area contributed by atoms with Gasteiger partial charge in [-0.25, -0.2) is 18.1 Å². The Morgan fingerprint density at radius 2 is 2.15 bits per heavy atom. The van der Waals surface area contributed by atoms with Gasteiger partial charge in [0.1, 0.15) is 10.5 Å². The highest BCUT2D eigenvalue weighted by molar-refractivity contribution is 7.89. The van der Waals surface area contributed by atoms with Crippen LogP contribution in [0.3, 0.4) is 0 Å². The minimum absolute atomic E-state index is 0. The van der Waals surface area contributed by atoms with Gasteiger partial charge in [-0.1, -0.05) is 11.6 Å². The molecule has 6 nitrogen and oxygen atoms in total. The van der Waals surface area contributed by atoms with Crippen molar-refractivity contribution in [3.05, 3.63) is 23.5 Å². The molecule has 2 heterocycles. The topological polar surface area (TPSA) is 101 Å². The van der Waals surface area contributed by atoms with Gasteiger partial charge in [0, 0.05) is 24.5 Å². The van der Waals surface area contributed by atoms with Crippen molar-refractivity contribution in [1.29, 1.82) is 0 Å². The third kappa shape index (κ3) is 3.62. The number of fused-ring (bicyclic) bond motifs is 1. The first kappa shape index (κ1) is 17.2. The van der Waals surface area contributed by atoms with Gasteiger partial charge in [0.15, 0.2) is 0 Å². The number of nitrogens with two attached hydrogens (primary N) is 1. The van der Waals surface area contributed by atoms with Crippen LogP contribution in [0.15, 0.2) is 23.4 Å². The van der Waals surface area contributed by atoms with Gasteiger partial charge in [0.2, 0.25) is 10.0 Å². The van der Waals surface area contributed by atoms with Crippen molar-refractivity contribution in [3.8, 4) is 0 Å². The van der Waals surface area contributed by atoms with Gasteiger partial charge < -0.3 is 10.7 Å². The number of hydrogen-bond donors (Lipinski definition) is 3. The molecule has 0 saturated heterocycles. The molecule has 0 aromatic carbocycles. The summed E-state index contributed by atoms with van der Waals surface area (Å²) in [5.41, 5.74) is 5.56. The molecule has 0 radical (unpaired) electrons. The van der Waals surface area contributed by atoms with E-state index in [4.69, 9.17) is 17.3 Å². The van der Waals surface area contributed by atoms with Crippen LogP contribution in [-0.4, -0.2) is 30.5 Å². The van der Waals surface area contributed by atoms with E-state index in [0.717, 1.165) is 0 Å². The molecule has 0 aliphatic rings. The Morgan fingerprint density at radius 1 is 1.50 bits per heavy atom. The van der Waals surface area contributed by atoms with Crippen molar-refractivity contribution in [2.45, 2.75) is 24.3 Å². The van der Waals surface area contributed by atoms with E-state index in [1.165, 1.54) is 12.4 Å². The van der Waals surface area contributed by atoms with Crippen LogP contribution in [0.2, 0.25) is 5.02 Å². The molecule has 0 spiro atoms. The Kier molecular flexibility index (Phi) is 5.04. The van der Waals surface area contributed by atoms with Crippen LogP contribution in [0.25, 0.3) is 11.0 Å². The Morgan fingerprint density at radius 3 is 2.75 bits per heavy atom. The molecule has 0 aliphatic carbocycles. The number of nitrogens with zero attached hydrogens (tertiary/aromatic N) is 1. The molecule has 20 heavy (non-hydrogen) atoms. The maximum atomic E-state index is 12.2. The highest BCUT2D eigenvalue weighted by Crippen LogP contribution is 2.28. The molecule has 0 aliphatic heterocycles. The smallest absolute Gasteiger partial charge is 0.242 e. The fourth-order valence-electron chi connectivity index (χ4n) is 1.56. The zero-order valence-corrected chi connectivity index (χ0v) is 13.4. The molecular weight excluding hydrogens is 323 g/mol. The second-order valence-electron chi connectivity index (χ2n) is 4.98. The number of H-pyrrole nitrogens is 1. The molecule has 0 fully saturated rings. The lowest BCUT2D eigenvalue weighted by atomic mass is 10.1. The van der Waals surface area contributed by atoms with Gasteiger partial charge in [-0.05, 0) is 19.9 Å². The molecule has 4 N–H and O–H groups in total. The summed E-state index contributed by atoms with van der Waals surface area (Å²) in [5, 5.41) is 0.713. The van der Waals surface area contributed by atoms with E-state index in [1.54, 1.807) is 19.9 Å². The van der Waals surface area contributed by atoms with E-state index in [9.17, 15) is 8.42 Å². The lowest BCUT2D eigenvalue weighted by Gasteiger charge is -2.18. The first-order valence-electron chi connectivity index (χ1n) is 5.61. The number of aromatic nitrogens is 2. The number of sulfonamides is 1. The summed E-state index contributed by atoms with van der Waals surface area (Å²) < 4.78 is 26.9. The SMILES string of the molecule is CC(C)(N)CNS(=O)(=O)c1c[nH]c2nccc(Cl)c12.Cl. The van der Waals surface area contributed by atoms with E-state index >= 15 is 0 Å². The van der Waals surface area contributed by atoms with E-state index in [0.29, 0.717) is 16.1 Å². The van der Waals surface area contributed by atoms with Crippen molar-refractivity contribution in [3.63, 3.8) is 0 Å². The van der Waals surface area contributed by atoms with E-state index in [-0.39, 0.29) is 23.8 Å². The monoisotopic (exact) mass is 338 g/mol. The predicted molar refractivity (Wildman–Crippen MR) is 81.8 cm³/mol. The summed E-state index contributed by atoms with van der Waals surface area (Å²) in [6.07, 6.45) is 2.88. The molecule has 0 unspecified atom stereocenters. The third-order valence-corrected chi connectivity index (χ3v) is 4.23. The number of hydrogen-bond acceptors (Lipinski definition) is 4. The fourth-order valence-corrected chi connectivity index (χ4v) is 3.27. The maximum absolute atomic E-state index is 12.2. The van der Waals surface area contributed by atoms with E-state index in [1.807, 2.05) is 0 Å². The molecule has 9 heteroatoms. The van der Waals surface area contributed by atoms with Crippen molar-refractivity contribution in [2.75, 3.05) is 6.54 Å². The van der Waals surface area contributed by atoms with E-state index < -0.39 is 15.6 Å². The van der Waals surface area contributed by atoms with Crippen molar-refractivity contribution >= 4 is 45.1 Å². The largest absolute Gasteiger partial charge is 0.345 e. The summed E-state index contributed by atoms with van der Waals surface area (Å²) in [6, 6.07) is 1.55. The van der Waals surface area contributed by atoms with Gasteiger partial charge in [0.25, 0.3) is 0 Å². The molecule has 0 atom stereocenters. The van der Waals surface area contributed by atoms with E-state index in [2.05, 4.69) is 14.7 Å². The Balaban J connectivity index is 0.00000200. The van der Waals surface area contributed by atoms with Crippen LogP contribution in [0.1, 0.15) is 13.8 Å². The van der Waals surface area contributed by atoms with Crippen molar-refractivity contribution in [1.82, 2.24) is 14.7 Å². The standard InChI is InChI=1S/C11H15ClN4O2S.ClH/c1-11(2,13)6-16-19(17,18)8-5-15-10-9(8)7(12)3-4-14-10;/h3-5,16H,6,13H2,1-2H3,(H,14,15);1H. The molecule has 2 aromatic rings. The highest BCUT2D eigenvalue weighted by atomic mass is 35.5. The van der Waals surface area contributed by atoms with Crippen LogP contribution >= 0.6 is 24.0 Å². The molecule has 2 rings (SSSR count). The normalized spacial score (nSPS) is 12.4. The lowest BCUT2D eigenvalue weighted by molar-refractivity contribution is 0.498. The number of halogens is 2. The highest BCUT2D eigenvalue weighted by Gasteiger charge is 2.23. The number of pyridine rings is 1. The molecular formula is C11H16Cl2N4O2S. The maximum Gasteiger partial charge on any atom is 0.242 e. The molecule has 0 amide bonds. The summed E-state index contributed by atoms with van der Waals surface area (Å²) in [5.74, 6) is 0. The van der Waals surface area contributed by atoms with Crippen LogP contribution in [0.4, 0.5) is 0 Å². The van der Waals surface area contributed by atoms with Crippen molar-refractivity contribution < 1.29 is 8.42 Å². The minimum Gasteiger partial charge on any atom is -0.345 e. The van der Waals surface area contributed by atoms with Crippen LogP contribution in [0, 0.1) is 0 Å². The Hall–Kier alpha value is -0.860. The van der Waals surface area contributed by atoms with Gasteiger partial charge in [0.05, 0.1) is 10.4 Å². The van der Waals surface area contributed by atoms with Gasteiger partial charge in [-0.15, -0.1) is 12.4 Å². The minimum atomic E-state index is -3.68. The number of aromatic amines is 1. The second kappa shape index (κ2) is 5.87. The number of rotatable bonds is 4. The Labute approximate surface area is 128 Å². The van der Waals surface area contributed by atoms with Crippen molar-refractivity contribution in [2.24, 2.45) is 5.73 Å². The second-order valence-corrected chi connectivity index (χ2v) is 7.13. The average molecular weight is 339 g/mol. The van der Waals surface area contributed by atoms with Gasteiger partial charge in [-0.3, -0.25) is 0 Å². The quantitative estimate of drug-likeness (QED) is 0.788. The zero-order valence-electron chi connectivity index (χ0n) is 11.0. The molecule has 112 valence electrons. The number of nitrogens with one attached hydrogen (secondary N) is 2. The molecule has 2 aromatic heterocycles. The third-order valence-electron chi connectivity index (χ3n) is 2.49. The van der Waals surface area contributed by atoms with Crippen LogP contribution in [0.5, 0.6) is 0 Å². The zero-order chi connectivity index (χ0) is 14.3. The summed E-state index contributed by atoms with van der Waals surface area (Å²) in [6.45, 7) is 3.60. The lowest BCUT2D eigenvalue weighted by Crippen LogP contribution is -2.44. The van der Waals surface area contributed by atoms with Gasteiger partial charge >= 0.3 is 0 Å². The average Bonchev–Trinajstić information content (AvgIpc) is 2.72. The summed E-state index contributed by atoms with van der Waals surface area (Å²) >= 11 is 6.02. The van der Waals surface area contributed by atoms with Crippen LogP contribution < -0.4 is 10.5 Å². The Bertz CT molecular complexity index is 707. The molecule has 0 saturated carbocycles. The summed E-state index contributed by atoms with van der Waals surface area (Å²) in [4.78, 5) is 6.89.